The summed E-state index contributed by atoms with van der Waals surface area (Å²) >= 11 is 5.01. The molecule has 1 heterocycles. The van der Waals surface area contributed by atoms with Crippen molar-refractivity contribution < 1.29 is 4.79 Å². The fourth-order valence-corrected chi connectivity index (χ4v) is 2.33. The minimum Gasteiger partial charge on any atom is -0.393 e. The zero-order valence-corrected chi connectivity index (χ0v) is 10.3. The van der Waals surface area contributed by atoms with Gasteiger partial charge in [-0.05, 0) is 32.2 Å². The number of thiocarbonyl (C=S) groups is 1. The van der Waals surface area contributed by atoms with Gasteiger partial charge in [0.05, 0.1) is 11.5 Å². The molecule has 0 radical (unpaired) electrons. The number of nitrogens with two attached hydrogens (primary N) is 1. The molecule has 1 amide bonds. The van der Waals surface area contributed by atoms with E-state index in [2.05, 4.69) is 10.2 Å². The van der Waals surface area contributed by atoms with Crippen LogP contribution in [0.2, 0.25) is 0 Å². The average Bonchev–Trinajstić information content (AvgIpc) is 3.01. The van der Waals surface area contributed by atoms with Crippen LogP contribution in [0.15, 0.2) is 0 Å². The number of piperidine rings is 1. The predicted octanol–water partition coefficient (Wildman–Crippen LogP) is 0.263. The number of rotatable bonds is 4. The highest BCUT2D eigenvalue weighted by molar-refractivity contribution is 7.80. The number of hydrogen-bond acceptors (Lipinski definition) is 3. The van der Waals surface area contributed by atoms with Crippen molar-refractivity contribution in [1.29, 1.82) is 0 Å². The van der Waals surface area contributed by atoms with Crippen LogP contribution in [0, 0.1) is 5.92 Å². The van der Waals surface area contributed by atoms with Crippen LogP contribution in [-0.4, -0.2) is 41.5 Å². The Kier molecular flexibility index (Phi) is 3.76. The van der Waals surface area contributed by atoms with E-state index in [1.54, 1.807) is 0 Å². The molecule has 1 saturated carbocycles. The van der Waals surface area contributed by atoms with Gasteiger partial charge in [-0.3, -0.25) is 9.69 Å². The van der Waals surface area contributed by atoms with Crippen molar-refractivity contribution in [1.82, 2.24) is 10.2 Å². The highest BCUT2D eigenvalue weighted by Crippen LogP contribution is 2.19. The number of amides is 1. The lowest BCUT2D eigenvalue weighted by Gasteiger charge is -2.31. The SMILES string of the molecule is NC(=S)C1CCCN(CC(=O)NC2CC2)C1. The van der Waals surface area contributed by atoms with Crippen molar-refractivity contribution in [3.63, 3.8) is 0 Å². The van der Waals surface area contributed by atoms with E-state index in [0.717, 1.165) is 38.8 Å². The first-order chi connectivity index (χ1) is 7.65. The molecule has 1 saturated heterocycles. The lowest BCUT2D eigenvalue weighted by atomic mass is 9.98. The molecular formula is C11H19N3OS. The Morgan fingerprint density at radius 2 is 2.19 bits per heavy atom. The van der Waals surface area contributed by atoms with E-state index >= 15 is 0 Å². The van der Waals surface area contributed by atoms with Crippen molar-refractivity contribution in [3.05, 3.63) is 0 Å². The average molecular weight is 241 g/mol. The van der Waals surface area contributed by atoms with Gasteiger partial charge in [-0.2, -0.15) is 0 Å². The molecule has 90 valence electrons. The number of carbonyl (C=O) groups excluding carboxylic acids is 1. The third-order valence-electron chi connectivity index (χ3n) is 3.22. The van der Waals surface area contributed by atoms with Gasteiger partial charge >= 0.3 is 0 Å². The van der Waals surface area contributed by atoms with E-state index in [-0.39, 0.29) is 11.8 Å². The van der Waals surface area contributed by atoms with E-state index in [1.165, 1.54) is 0 Å². The summed E-state index contributed by atoms with van der Waals surface area (Å²) in [5.41, 5.74) is 5.66. The van der Waals surface area contributed by atoms with Gasteiger partial charge in [0.2, 0.25) is 5.91 Å². The number of hydrogen-bond donors (Lipinski definition) is 2. The maximum absolute atomic E-state index is 11.6. The first-order valence-corrected chi connectivity index (χ1v) is 6.37. The summed E-state index contributed by atoms with van der Waals surface area (Å²) in [6.07, 6.45) is 4.43. The monoisotopic (exact) mass is 241 g/mol. The van der Waals surface area contributed by atoms with Gasteiger partial charge in [0.1, 0.15) is 0 Å². The largest absolute Gasteiger partial charge is 0.393 e. The fourth-order valence-electron chi connectivity index (χ4n) is 2.14. The van der Waals surface area contributed by atoms with Crippen LogP contribution in [0.1, 0.15) is 25.7 Å². The minimum absolute atomic E-state index is 0.145. The molecule has 1 aliphatic carbocycles. The molecule has 0 spiro atoms. The lowest BCUT2D eigenvalue weighted by molar-refractivity contribution is -0.122. The second-order valence-corrected chi connectivity index (χ2v) is 5.29. The summed E-state index contributed by atoms with van der Waals surface area (Å²) in [7, 11) is 0. The minimum atomic E-state index is 0.145. The molecule has 4 nitrogen and oxygen atoms in total. The second-order valence-electron chi connectivity index (χ2n) is 4.82. The van der Waals surface area contributed by atoms with E-state index in [4.69, 9.17) is 18.0 Å². The van der Waals surface area contributed by atoms with Crippen LogP contribution < -0.4 is 11.1 Å². The van der Waals surface area contributed by atoms with Gasteiger partial charge in [-0.15, -0.1) is 0 Å². The Balaban J connectivity index is 1.75. The molecule has 0 aromatic rings. The summed E-state index contributed by atoms with van der Waals surface area (Å²) in [6.45, 7) is 2.32. The molecule has 0 aromatic heterocycles. The van der Waals surface area contributed by atoms with Crippen LogP contribution in [0.5, 0.6) is 0 Å². The van der Waals surface area contributed by atoms with Gasteiger partial charge in [-0.25, -0.2) is 0 Å². The van der Waals surface area contributed by atoms with Gasteiger partial charge in [-0.1, -0.05) is 12.2 Å². The summed E-state index contributed by atoms with van der Waals surface area (Å²) < 4.78 is 0. The van der Waals surface area contributed by atoms with Crippen LogP contribution in [0.3, 0.4) is 0 Å². The predicted molar refractivity (Wildman–Crippen MR) is 67.1 cm³/mol. The molecule has 0 bridgehead atoms. The zero-order valence-electron chi connectivity index (χ0n) is 9.45. The van der Waals surface area contributed by atoms with Gasteiger partial charge in [0.25, 0.3) is 0 Å². The quantitative estimate of drug-likeness (QED) is 0.693. The smallest absolute Gasteiger partial charge is 0.234 e. The molecule has 2 rings (SSSR count). The summed E-state index contributed by atoms with van der Waals surface area (Å²) in [5.74, 6) is 0.434. The highest BCUT2D eigenvalue weighted by Gasteiger charge is 2.26. The second kappa shape index (κ2) is 5.10. The molecule has 2 fully saturated rings. The van der Waals surface area contributed by atoms with E-state index in [9.17, 15) is 4.79 Å². The number of likely N-dealkylation sites (tertiary alicyclic amines) is 1. The van der Waals surface area contributed by atoms with Gasteiger partial charge in [0.15, 0.2) is 0 Å². The Labute approximate surface area is 102 Å². The molecular weight excluding hydrogens is 222 g/mol. The van der Waals surface area contributed by atoms with Crippen LogP contribution in [0.4, 0.5) is 0 Å². The van der Waals surface area contributed by atoms with Crippen LogP contribution in [-0.2, 0) is 4.79 Å². The van der Waals surface area contributed by atoms with E-state index in [1.807, 2.05) is 0 Å². The maximum atomic E-state index is 11.6. The number of nitrogens with zero attached hydrogens (tertiary/aromatic N) is 1. The molecule has 1 atom stereocenters. The molecule has 0 aromatic carbocycles. The fraction of sp³-hybridized carbons (Fsp3) is 0.818. The Hall–Kier alpha value is -0.680. The Morgan fingerprint density at radius 3 is 2.81 bits per heavy atom. The van der Waals surface area contributed by atoms with Crippen molar-refractivity contribution in [2.45, 2.75) is 31.7 Å². The standard InChI is InChI=1S/C11H19N3OS/c12-11(16)8-2-1-5-14(6-8)7-10(15)13-9-3-4-9/h8-9H,1-7H2,(H2,12,16)(H,13,15). The van der Waals surface area contributed by atoms with E-state index < -0.39 is 0 Å². The third-order valence-corrected chi connectivity index (χ3v) is 3.55. The van der Waals surface area contributed by atoms with Crippen molar-refractivity contribution in [2.75, 3.05) is 19.6 Å². The normalized spacial score (nSPS) is 26.4. The van der Waals surface area contributed by atoms with E-state index in [0.29, 0.717) is 17.6 Å². The molecule has 2 aliphatic rings. The topological polar surface area (TPSA) is 58.4 Å². The third kappa shape index (κ3) is 3.42. The van der Waals surface area contributed by atoms with Crippen molar-refractivity contribution in [2.24, 2.45) is 11.7 Å². The molecule has 3 N–H and O–H groups in total. The first kappa shape index (κ1) is 11.8. The Morgan fingerprint density at radius 1 is 1.44 bits per heavy atom. The molecule has 16 heavy (non-hydrogen) atoms. The first-order valence-electron chi connectivity index (χ1n) is 5.96. The Bertz CT molecular complexity index is 291. The summed E-state index contributed by atoms with van der Waals surface area (Å²) in [5, 5.41) is 3.00. The van der Waals surface area contributed by atoms with Crippen LogP contribution >= 0.6 is 12.2 Å². The van der Waals surface area contributed by atoms with Gasteiger partial charge in [0, 0.05) is 18.5 Å². The molecule has 1 aliphatic heterocycles. The molecule has 5 heteroatoms. The number of nitrogens with one attached hydrogen (secondary N) is 1. The zero-order chi connectivity index (χ0) is 11.5. The van der Waals surface area contributed by atoms with Gasteiger partial charge < -0.3 is 11.1 Å². The lowest BCUT2D eigenvalue weighted by Crippen LogP contribution is -2.45. The maximum Gasteiger partial charge on any atom is 0.234 e. The summed E-state index contributed by atoms with van der Waals surface area (Å²) in [6, 6.07) is 0.448. The highest BCUT2D eigenvalue weighted by atomic mass is 32.1. The van der Waals surface area contributed by atoms with Crippen molar-refractivity contribution in [3.8, 4) is 0 Å². The summed E-state index contributed by atoms with van der Waals surface area (Å²) in [4.78, 5) is 14.4. The van der Waals surface area contributed by atoms with Crippen molar-refractivity contribution >= 4 is 23.1 Å². The molecule has 1 unspecified atom stereocenters. The number of carbonyl (C=O) groups is 1. The van der Waals surface area contributed by atoms with Crippen LogP contribution in [0.25, 0.3) is 0 Å².